The van der Waals surface area contributed by atoms with Crippen molar-refractivity contribution >= 4 is 25.3 Å². The normalized spacial score (nSPS) is 15.8. The summed E-state index contributed by atoms with van der Waals surface area (Å²) >= 11 is 8.57. The van der Waals surface area contributed by atoms with Gasteiger partial charge in [0.25, 0.3) is 0 Å². The molecule has 0 saturated carbocycles. The highest BCUT2D eigenvalue weighted by molar-refractivity contribution is 7.84. The SMILES string of the molecule is SCC(S)c1ccc2c(c1)OCO2. The van der Waals surface area contributed by atoms with Gasteiger partial charge in [-0.3, -0.25) is 0 Å². The van der Waals surface area contributed by atoms with Crippen molar-refractivity contribution in [3.63, 3.8) is 0 Å². The predicted molar refractivity (Wildman–Crippen MR) is 58.1 cm³/mol. The Morgan fingerprint density at radius 2 is 2.08 bits per heavy atom. The molecule has 1 unspecified atom stereocenters. The van der Waals surface area contributed by atoms with E-state index in [-0.39, 0.29) is 5.25 Å². The molecule has 0 N–H and O–H groups in total. The zero-order valence-corrected chi connectivity index (χ0v) is 8.72. The van der Waals surface area contributed by atoms with Crippen molar-refractivity contribution in [3.8, 4) is 11.5 Å². The van der Waals surface area contributed by atoms with Crippen LogP contribution < -0.4 is 9.47 Å². The van der Waals surface area contributed by atoms with Crippen molar-refractivity contribution in [1.82, 2.24) is 0 Å². The monoisotopic (exact) mass is 214 g/mol. The molecule has 70 valence electrons. The molecule has 4 heteroatoms. The van der Waals surface area contributed by atoms with Gasteiger partial charge in [0, 0.05) is 11.0 Å². The van der Waals surface area contributed by atoms with Crippen LogP contribution in [-0.4, -0.2) is 12.5 Å². The van der Waals surface area contributed by atoms with Gasteiger partial charge in [-0.2, -0.15) is 25.3 Å². The molecule has 1 aromatic rings. The first-order chi connectivity index (χ1) is 6.31. The van der Waals surface area contributed by atoms with Gasteiger partial charge >= 0.3 is 0 Å². The van der Waals surface area contributed by atoms with E-state index < -0.39 is 0 Å². The molecule has 0 fully saturated rings. The molecule has 2 nitrogen and oxygen atoms in total. The van der Waals surface area contributed by atoms with E-state index in [1.165, 1.54) is 0 Å². The van der Waals surface area contributed by atoms with Crippen LogP contribution in [0.5, 0.6) is 11.5 Å². The quantitative estimate of drug-likeness (QED) is 0.736. The minimum absolute atomic E-state index is 0.151. The Kier molecular flexibility index (Phi) is 2.60. The first kappa shape index (κ1) is 9.09. The van der Waals surface area contributed by atoms with Crippen molar-refractivity contribution in [2.45, 2.75) is 5.25 Å². The number of benzene rings is 1. The molecule has 1 heterocycles. The van der Waals surface area contributed by atoms with Gasteiger partial charge in [-0.25, -0.2) is 0 Å². The summed E-state index contributed by atoms with van der Waals surface area (Å²) in [6.45, 7) is 0.316. The predicted octanol–water partition coefficient (Wildman–Crippen LogP) is 2.32. The van der Waals surface area contributed by atoms with Crippen molar-refractivity contribution in [2.75, 3.05) is 12.5 Å². The highest BCUT2D eigenvalue weighted by Crippen LogP contribution is 2.35. The summed E-state index contributed by atoms with van der Waals surface area (Å²) in [7, 11) is 0. The van der Waals surface area contributed by atoms with E-state index in [1.807, 2.05) is 18.2 Å². The van der Waals surface area contributed by atoms with E-state index >= 15 is 0 Å². The van der Waals surface area contributed by atoms with Crippen LogP contribution in [0.4, 0.5) is 0 Å². The van der Waals surface area contributed by atoms with Gasteiger partial charge in [-0.15, -0.1) is 0 Å². The third-order valence-corrected chi connectivity index (χ3v) is 3.09. The van der Waals surface area contributed by atoms with Crippen LogP contribution in [-0.2, 0) is 0 Å². The summed E-state index contributed by atoms with van der Waals surface area (Å²) in [5.41, 5.74) is 1.11. The molecule has 1 aliphatic heterocycles. The Morgan fingerprint density at radius 3 is 2.85 bits per heavy atom. The Labute approximate surface area is 88.1 Å². The summed E-state index contributed by atoms with van der Waals surface area (Å²) in [6, 6.07) is 5.85. The van der Waals surface area contributed by atoms with Crippen molar-refractivity contribution in [3.05, 3.63) is 23.8 Å². The van der Waals surface area contributed by atoms with Crippen LogP contribution in [0, 0.1) is 0 Å². The second-order valence-electron chi connectivity index (χ2n) is 2.81. The molecule has 0 aromatic heterocycles. The maximum absolute atomic E-state index is 5.25. The molecule has 1 aliphatic rings. The summed E-state index contributed by atoms with van der Waals surface area (Å²) in [5.74, 6) is 2.32. The number of hydrogen-bond acceptors (Lipinski definition) is 4. The molecule has 1 aromatic carbocycles. The third-order valence-electron chi connectivity index (χ3n) is 1.95. The van der Waals surface area contributed by atoms with E-state index in [9.17, 15) is 0 Å². The smallest absolute Gasteiger partial charge is 0.231 e. The lowest BCUT2D eigenvalue weighted by Crippen LogP contribution is -1.93. The second-order valence-corrected chi connectivity index (χ2v) is 3.80. The van der Waals surface area contributed by atoms with Gasteiger partial charge in [-0.1, -0.05) is 6.07 Å². The van der Waals surface area contributed by atoms with E-state index in [0.29, 0.717) is 12.5 Å². The van der Waals surface area contributed by atoms with Gasteiger partial charge in [0.1, 0.15) is 0 Å². The maximum atomic E-state index is 5.25. The van der Waals surface area contributed by atoms with Crippen LogP contribution in [0.1, 0.15) is 10.8 Å². The van der Waals surface area contributed by atoms with E-state index in [4.69, 9.17) is 9.47 Å². The fourth-order valence-corrected chi connectivity index (χ4v) is 1.60. The molecule has 0 saturated heterocycles. The van der Waals surface area contributed by atoms with Crippen molar-refractivity contribution < 1.29 is 9.47 Å². The largest absolute Gasteiger partial charge is 0.454 e. The molecule has 0 bridgehead atoms. The molecular formula is C9H10O2S2. The zero-order chi connectivity index (χ0) is 9.26. The van der Waals surface area contributed by atoms with E-state index in [0.717, 1.165) is 17.1 Å². The average Bonchev–Trinajstić information content (AvgIpc) is 2.63. The van der Waals surface area contributed by atoms with Crippen LogP contribution in [0.2, 0.25) is 0 Å². The van der Waals surface area contributed by atoms with Gasteiger partial charge in [0.15, 0.2) is 11.5 Å². The molecule has 0 radical (unpaired) electrons. The Balaban J connectivity index is 2.30. The summed E-state index contributed by atoms with van der Waals surface area (Å²) in [6.07, 6.45) is 0. The van der Waals surface area contributed by atoms with Gasteiger partial charge in [0.2, 0.25) is 6.79 Å². The molecule has 2 rings (SSSR count). The van der Waals surface area contributed by atoms with Crippen molar-refractivity contribution in [1.29, 1.82) is 0 Å². The molecule has 0 spiro atoms. The highest BCUT2D eigenvalue weighted by atomic mass is 32.1. The first-order valence-electron chi connectivity index (χ1n) is 3.99. The van der Waals surface area contributed by atoms with Crippen LogP contribution >= 0.6 is 25.3 Å². The summed E-state index contributed by atoms with van der Waals surface area (Å²) < 4.78 is 10.5. The molecule has 0 amide bonds. The number of thiol groups is 2. The highest BCUT2D eigenvalue weighted by Gasteiger charge is 2.15. The topological polar surface area (TPSA) is 18.5 Å². The number of ether oxygens (including phenoxy) is 2. The molecule has 0 aliphatic carbocycles. The number of rotatable bonds is 2. The Hall–Kier alpha value is -0.480. The first-order valence-corrected chi connectivity index (χ1v) is 5.14. The molecule has 1 atom stereocenters. The van der Waals surface area contributed by atoms with Crippen LogP contribution in [0.15, 0.2) is 18.2 Å². The van der Waals surface area contributed by atoms with Gasteiger partial charge < -0.3 is 9.47 Å². The lowest BCUT2D eigenvalue weighted by Gasteiger charge is -2.07. The standard InChI is InChI=1S/C9H10O2S2/c12-4-9(13)6-1-2-7-8(3-6)11-5-10-7/h1-3,9,12-13H,4-5H2. The van der Waals surface area contributed by atoms with Gasteiger partial charge in [-0.05, 0) is 17.7 Å². The second kappa shape index (κ2) is 3.72. The third kappa shape index (κ3) is 1.74. The number of hydrogen-bond donors (Lipinski definition) is 2. The molecular weight excluding hydrogens is 204 g/mol. The summed E-state index contributed by atoms with van der Waals surface area (Å²) in [4.78, 5) is 0. The van der Waals surface area contributed by atoms with E-state index in [2.05, 4.69) is 25.3 Å². The fourth-order valence-electron chi connectivity index (χ4n) is 1.23. The Morgan fingerprint density at radius 1 is 1.31 bits per heavy atom. The summed E-state index contributed by atoms with van der Waals surface area (Å²) in [5, 5.41) is 0.151. The van der Waals surface area contributed by atoms with Crippen LogP contribution in [0.25, 0.3) is 0 Å². The van der Waals surface area contributed by atoms with Crippen LogP contribution in [0.3, 0.4) is 0 Å². The van der Waals surface area contributed by atoms with Crippen molar-refractivity contribution in [2.24, 2.45) is 0 Å². The lowest BCUT2D eigenvalue weighted by atomic mass is 10.1. The Bertz CT molecular complexity index is 314. The zero-order valence-electron chi connectivity index (χ0n) is 6.93. The minimum Gasteiger partial charge on any atom is -0.454 e. The average molecular weight is 214 g/mol. The fraction of sp³-hybridized carbons (Fsp3) is 0.333. The lowest BCUT2D eigenvalue weighted by molar-refractivity contribution is 0.174. The molecule has 13 heavy (non-hydrogen) atoms. The minimum atomic E-state index is 0.151. The van der Waals surface area contributed by atoms with E-state index in [1.54, 1.807) is 0 Å². The van der Waals surface area contributed by atoms with Gasteiger partial charge in [0.05, 0.1) is 0 Å². The maximum Gasteiger partial charge on any atom is 0.231 e. The number of fused-ring (bicyclic) bond motifs is 1.